The largest absolute Gasteiger partial charge is 0.381 e. The highest BCUT2D eigenvalue weighted by Gasteiger charge is 2.20. The average molecular weight is 334 g/mol. The van der Waals surface area contributed by atoms with E-state index >= 15 is 0 Å². The zero-order valence-electron chi connectivity index (χ0n) is 14.8. The minimum Gasteiger partial charge on any atom is -0.381 e. The SMILES string of the molecule is CCNC(=NCc1nnc2n1CCCC2)NCCCOCC1CC1. The van der Waals surface area contributed by atoms with E-state index < -0.39 is 0 Å². The van der Waals surface area contributed by atoms with E-state index in [1.165, 1.54) is 25.7 Å². The van der Waals surface area contributed by atoms with Crippen LogP contribution in [0.4, 0.5) is 0 Å². The van der Waals surface area contributed by atoms with Crippen LogP contribution >= 0.6 is 0 Å². The summed E-state index contributed by atoms with van der Waals surface area (Å²) in [5, 5.41) is 15.2. The fraction of sp³-hybridized carbons (Fsp3) is 0.824. The molecule has 2 aliphatic rings. The molecule has 7 nitrogen and oxygen atoms in total. The third-order valence-corrected chi connectivity index (χ3v) is 4.47. The monoisotopic (exact) mass is 334 g/mol. The molecule has 1 aromatic rings. The molecule has 0 spiro atoms. The second-order valence-corrected chi connectivity index (χ2v) is 6.63. The lowest BCUT2D eigenvalue weighted by Crippen LogP contribution is -2.38. The van der Waals surface area contributed by atoms with Crippen molar-refractivity contribution in [1.29, 1.82) is 0 Å². The lowest BCUT2D eigenvalue weighted by atomic mass is 10.2. The van der Waals surface area contributed by atoms with Gasteiger partial charge in [-0.3, -0.25) is 0 Å². The summed E-state index contributed by atoms with van der Waals surface area (Å²) in [7, 11) is 0. The first-order chi connectivity index (χ1) is 11.9. The van der Waals surface area contributed by atoms with Crippen molar-refractivity contribution < 1.29 is 4.74 Å². The molecule has 0 saturated heterocycles. The normalized spacial score (nSPS) is 17.6. The minimum absolute atomic E-state index is 0.570. The minimum atomic E-state index is 0.570. The van der Waals surface area contributed by atoms with Crippen LogP contribution in [0.15, 0.2) is 4.99 Å². The lowest BCUT2D eigenvalue weighted by Gasteiger charge is -2.14. The first kappa shape index (κ1) is 17.2. The number of rotatable bonds is 9. The van der Waals surface area contributed by atoms with Crippen LogP contribution in [0.3, 0.4) is 0 Å². The molecule has 2 N–H and O–H groups in total. The van der Waals surface area contributed by atoms with E-state index in [2.05, 4.69) is 37.3 Å². The van der Waals surface area contributed by atoms with Crippen molar-refractivity contribution in [3.63, 3.8) is 0 Å². The van der Waals surface area contributed by atoms with Crippen molar-refractivity contribution in [3.8, 4) is 0 Å². The van der Waals surface area contributed by atoms with Gasteiger partial charge in [-0.1, -0.05) is 0 Å². The summed E-state index contributed by atoms with van der Waals surface area (Å²) in [6.07, 6.45) is 7.16. The van der Waals surface area contributed by atoms with Gasteiger partial charge < -0.3 is 19.9 Å². The number of hydrogen-bond donors (Lipinski definition) is 2. The Hall–Kier alpha value is -1.63. The fourth-order valence-corrected chi connectivity index (χ4v) is 2.89. The number of guanidine groups is 1. The van der Waals surface area contributed by atoms with E-state index in [0.29, 0.717) is 6.54 Å². The van der Waals surface area contributed by atoms with E-state index in [1.54, 1.807) is 0 Å². The summed E-state index contributed by atoms with van der Waals surface area (Å²) in [6.45, 7) is 7.15. The third kappa shape index (κ3) is 5.19. The Morgan fingerprint density at radius 3 is 3.04 bits per heavy atom. The maximum atomic E-state index is 5.66. The van der Waals surface area contributed by atoms with Crippen molar-refractivity contribution in [1.82, 2.24) is 25.4 Å². The maximum absolute atomic E-state index is 5.66. The molecule has 0 aromatic carbocycles. The van der Waals surface area contributed by atoms with Crippen LogP contribution in [0.2, 0.25) is 0 Å². The van der Waals surface area contributed by atoms with Gasteiger partial charge >= 0.3 is 0 Å². The van der Waals surface area contributed by atoms with Gasteiger partial charge in [-0.25, -0.2) is 4.99 Å². The number of aromatic nitrogens is 3. The van der Waals surface area contributed by atoms with Gasteiger partial charge in [0.15, 0.2) is 11.8 Å². The highest BCUT2D eigenvalue weighted by Crippen LogP contribution is 2.28. The van der Waals surface area contributed by atoms with Gasteiger partial charge in [0.2, 0.25) is 0 Å². The number of aryl methyl sites for hydroxylation is 1. The molecule has 1 saturated carbocycles. The molecule has 24 heavy (non-hydrogen) atoms. The number of fused-ring (bicyclic) bond motifs is 1. The molecule has 3 rings (SSSR count). The predicted octanol–water partition coefficient (Wildman–Crippen LogP) is 1.49. The van der Waals surface area contributed by atoms with Crippen molar-refractivity contribution in [3.05, 3.63) is 11.6 Å². The van der Waals surface area contributed by atoms with E-state index in [1.807, 2.05) is 0 Å². The zero-order valence-corrected chi connectivity index (χ0v) is 14.8. The molecule has 1 aromatic heterocycles. The molecule has 0 amide bonds. The Bertz CT molecular complexity index is 537. The molecule has 0 bridgehead atoms. The van der Waals surface area contributed by atoms with E-state index in [9.17, 15) is 0 Å². The maximum Gasteiger partial charge on any atom is 0.191 e. The predicted molar refractivity (Wildman–Crippen MR) is 93.9 cm³/mol. The smallest absolute Gasteiger partial charge is 0.191 e. The topological polar surface area (TPSA) is 76.4 Å². The van der Waals surface area contributed by atoms with Crippen LogP contribution in [-0.4, -0.2) is 47.0 Å². The fourth-order valence-electron chi connectivity index (χ4n) is 2.89. The van der Waals surface area contributed by atoms with E-state index in [0.717, 1.165) is 69.2 Å². The second-order valence-electron chi connectivity index (χ2n) is 6.63. The van der Waals surface area contributed by atoms with Gasteiger partial charge in [0.05, 0.1) is 0 Å². The second kappa shape index (κ2) is 9.01. The number of aliphatic imine (C=N–C) groups is 1. The number of nitrogens with zero attached hydrogens (tertiary/aromatic N) is 4. The highest BCUT2D eigenvalue weighted by atomic mass is 16.5. The van der Waals surface area contributed by atoms with Crippen LogP contribution in [0.5, 0.6) is 0 Å². The van der Waals surface area contributed by atoms with Gasteiger partial charge in [0, 0.05) is 39.3 Å². The summed E-state index contributed by atoms with van der Waals surface area (Å²) in [6, 6.07) is 0. The molecular formula is C17H30N6O. The Balaban J connectivity index is 1.41. The Labute approximate surface area is 144 Å². The number of nitrogens with one attached hydrogen (secondary N) is 2. The zero-order chi connectivity index (χ0) is 16.6. The quantitative estimate of drug-likeness (QED) is 0.406. The Kier molecular flexibility index (Phi) is 6.46. The van der Waals surface area contributed by atoms with Gasteiger partial charge in [-0.2, -0.15) is 0 Å². The summed E-state index contributed by atoms with van der Waals surface area (Å²) < 4.78 is 7.88. The third-order valence-electron chi connectivity index (χ3n) is 4.47. The lowest BCUT2D eigenvalue weighted by molar-refractivity contribution is 0.123. The first-order valence-corrected chi connectivity index (χ1v) is 9.37. The first-order valence-electron chi connectivity index (χ1n) is 9.37. The Morgan fingerprint density at radius 1 is 1.29 bits per heavy atom. The number of ether oxygens (including phenoxy) is 1. The molecule has 0 atom stereocenters. The summed E-state index contributed by atoms with van der Waals surface area (Å²) in [5.74, 6) is 3.76. The van der Waals surface area contributed by atoms with Crippen LogP contribution in [0.25, 0.3) is 0 Å². The Morgan fingerprint density at radius 2 is 2.21 bits per heavy atom. The number of hydrogen-bond acceptors (Lipinski definition) is 4. The van der Waals surface area contributed by atoms with Gasteiger partial charge in [0.25, 0.3) is 0 Å². The summed E-state index contributed by atoms with van der Waals surface area (Å²) >= 11 is 0. The molecule has 7 heteroatoms. The molecule has 134 valence electrons. The van der Waals surface area contributed by atoms with E-state index in [-0.39, 0.29) is 0 Å². The summed E-state index contributed by atoms with van der Waals surface area (Å²) in [4.78, 5) is 4.65. The molecule has 1 aliphatic carbocycles. The van der Waals surface area contributed by atoms with Gasteiger partial charge in [-0.15, -0.1) is 10.2 Å². The van der Waals surface area contributed by atoms with Gasteiger partial charge in [-0.05, 0) is 44.9 Å². The van der Waals surface area contributed by atoms with Crippen LogP contribution < -0.4 is 10.6 Å². The highest BCUT2D eigenvalue weighted by molar-refractivity contribution is 5.79. The molecule has 0 radical (unpaired) electrons. The van der Waals surface area contributed by atoms with E-state index in [4.69, 9.17) is 4.74 Å². The van der Waals surface area contributed by atoms with Crippen molar-refractivity contribution in [2.24, 2.45) is 10.9 Å². The van der Waals surface area contributed by atoms with Crippen molar-refractivity contribution >= 4 is 5.96 Å². The standard InChI is InChI=1S/C17H30N6O/c1-2-18-17(19-9-5-11-24-13-14-7-8-14)20-12-16-22-21-15-6-3-4-10-23(15)16/h14H,2-13H2,1H3,(H2,18,19,20). The average Bonchev–Trinajstić information content (AvgIpc) is 3.34. The van der Waals surface area contributed by atoms with Gasteiger partial charge in [0.1, 0.15) is 12.4 Å². The van der Waals surface area contributed by atoms with Crippen molar-refractivity contribution in [2.45, 2.75) is 58.5 Å². The van der Waals surface area contributed by atoms with Crippen LogP contribution in [0, 0.1) is 5.92 Å². The molecular weight excluding hydrogens is 304 g/mol. The van der Waals surface area contributed by atoms with Crippen LogP contribution in [-0.2, 0) is 24.2 Å². The molecule has 2 heterocycles. The summed E-state index contributed by atoms with van der Waals surface area (Å²) in [5.41, 5.74) is 0. The van der Waals surface area contributed by atoms with Crippen LogP contribution in [0.1, 0.15) is 50.7 Å². The molecule has 0 unspecified atom stereocenters. The molecule has 1 fully saturated rings. The molecule has 1 aliphatic heterocycles. The van der Waals surface area contributed by atoms with Crippen molar-refractivity contribution in [2.75, 3.05) is 26.3 Å².